The minimum Gasteiger partial charge on any atom is -0.479 e. The number of anilines is 1. The van der Waals surface area contributed by atoms with Crippen molar-refractivity contribution in [2.75, 3.05) is 31.1 Å². The number of likely N-dealkylation sites (tertiary alicyclic amines) is 1. The molecule has 2 fully saturated rings. The molecule has 6 heterocycles. The van der Waals surface area contributed by atoms with Crippen molar-refractivity contribution in [3.63, 3.8) is 0 Å². The lowest BCUT2D eigenvalue weighted by molar-refractivity contribution is -0.142. The van der Waals surface area contributed by atoms with E-state index in [0.717, 1.165) is 37.4 Å². The molecule has 2 aromatic heterocycles. The number of aliphatic carboxylic acids is 1. The Hall–Kier alpha value is -4.48. The second-order valence-electron chi connectivity index (χ2n) is 13.1. The summed E-state index contributed by atoms with van der Waals surface area (Å²) in [7, 11) is 0. The molecule has 3 aromatic rings. The fourth-order valence-corrected chi connectivity index (χ4v) is 6.78. The normalized spacial score (nSPS) is 19.2. The number of nitrogens with zero attached hydrogens (tertiary/aromatic N) is 6. The van der Waals surface area contributed by atoms with Crippen molar-refractivity contribution < 1.29 is 28.6 Å². The van der Waals surface area contributed by atoms with E-state index in [4.69, 9.17) is 4.74 Å². The van der Waals surface area contributed by atoms with Crippen molar-refractivity contribution in [3.8, 4) is 11.3 Å². The maximum absolute atomic E-state index is 15.4. The first-order chi connectivity index (χ1) is 20.4. The minimum absolute atomic E-state index is 0.0649. The summed E-state index contributed by atoms with van der Waals surface area (Å²) in [6, 6.07) is 5.36. The zero-order valence-electron chi connectivity index (χ0n) is 24.3. The molecule has 4 aliphatic rings. The summed E-state index contributed by atoms with van der Waals surface area (Å²) in [6.07, 6.45) is 4.64. The number of aryl methyl sites for hydroxylation is 1. The number of pyridine rings is 1. The molecule has 1 aromatic carbocycles. The number of carboxylic acid groups (broad SMARTS) is 1. The zero-order chi connectivity index (χ0) is 30.3. The summed E-state index contributed by atoms with van der Waals surface area (Å²) in [4.78, 5) is 52.1. The number of rotatable bonds is 5. The Bertz CT molecular complexity index is 1650. The van der Waals surface area contributed by atoms with Gasteiger partial charge in [0.05, 0.1) is 36.1 Å². The molecule has 43 heavy (non-hydrogen) atoms. The molecule has 0 bridgehead atoms. The van der Waals surface area contributed by atoms with Crippen LogP contribution >= 0.6 is 0 Å². The Morgan fingerprint density at radius 1 is 1.12 bits per heavy atom. The van der Waals surface area contributed by atoms with Crippen molar-refractivity contribution in [2.24, 2.45) is 5.41 Å². The van der Waals surface area contributed by atoms with Crippen molar-refractivity contribution in [1.82, 2.24) is 24.3 Å². The summed E-state index contributed by atoms with van der Waals surface area (Å²) in [6.45, 7) is 9.11. The van der Waals surface area contributed by atoms with Crippen LogP contribution in [0.4, 0.5) is 14.9 Å². The highest BCUT2D eigenvalue weighted by Gasteiger charge is 2.54. The van der Waals surface area contributed by atoms with E-state index >= 15 is 4.39 Å². The highest BCUT2D eigenvalue weighted by molar-refractivity contribution is 6.01. The third-order valence-electron chi connectivity index (χ3n) is 8.78. The largest absolute Gasteiger partial charge is 0.479 e. The number of benzene rings is 1. The van der Waals surface area contributed by atoms with Gasteiger partial charge in [-0.3, -0.25) is 9.78 Å². The molecule has 0 saturated carbocycles. The number of ether oxygens (including phenoxy) is 1. The van der Waals surface area contributed by atoms with Gasteiger partial charge in [-0.2, -0.15) is 0 Å². The molecule has 7 rings (SSSR count). The molecule has 1 atom stereocenters. The highest BCUT2D eigenvalue weighted by Crippen LogP contribution is 2.43. The summed E-state index contributed by atoms with van der Waals surface area (Å²) in [5.74, 6) is -2.30. The van der Waals surface area contributed by atoms with E-state index in [-0.39, 0.29) is 29.2 Å². The van der Waals surface area contributed by atoms with E-state index in [2.05, 4.69) is 14.9 Å². The van der Waals surface area contributed by atoms with Gasteiger partial charge in [-0.1, -0.05) is 0 Å². The molecule has 4 aliphatic heterocycles. The van der Waals surface area contributed by atoms with Crippen LogP contribution in [-0.4, -0.2) is 79.2 Å². The van der Waals surface area contributed by atoms with Crippen LogP contribution in [0.5, 0.6) is 0 Å². The molecule has 11 nitrogen and oxygen atoms in total. The monoisotopic (exact) mass is 588 g/mol. The topological polar surface area (TPSA) is 121 Å². The second-order valence-corrected chi connectivity index (χ2v) is 13.1. The predicted octanol–water partition coefficient (Wildman–Crippen LogP) is 3.87. The van der Waals surface area contributed by atoms with Gasteiger partial charge >= 0.3 is 12.1 Å². The fraction of sp³-hybridized carbons (Fsp3) is 0.452. The first-order valence-corrected chi connectivity index (χ1v) is 14.5. The molecule has 0 radical (unpaired) electrons. The first kappa shape index (κ1) is 27.4. The number of halogens is 1. The summed E-state index contributed by atoms with van der Waals surface area (Å²) >= 11 is 0. The fourth-order valence-electron chi connectivity index (χ4n) is 6.78. The highest BCUT2D eigenvalue weighted by atomic mass is 19.1. The van der Waals surface area contributed by atoms with Crippen LogP contribution in [-0.2, 0) is 29.0 Å². The van der Waals surface area contributed by atoms with Crippen LogP contribution in [0.3, 0.4) is 0 Å². The minimum atomic E-state index is -1.29. The van der Waals surface area contributed by atoms with E-state index in [1.807, 2.05) is 31.4 Å². The maximum atomic E-state index is 15.4. The number of carbonyl (C=O) groups is 3. The molecule has 2 saturated heterocycles. The average Bonchev–Trinajstić information content (AvgIpc) is 3.59. The SMILES string of the molecule is CC(C)(C)OC(=O)N1CC2(C1)CN(c1ccc(-c3cc(F)c4c(c3)C(=O)N(C(C(=O)O)c3ncn5c3CCC5)C4)nc1)C2. The number of aromatic nitrogens is 3. The maximum Gasteiger partial charge on any atom is 0.410 e. The Kier molecular flexibility index (Phi) is 6.05. The molecule has 12 heteroatoms. The third kappa shape index (κ3) is 4.59. The van der Waals surface area contributed by atoms with Crippen LogP contribution in [0, 0.1) is 11.2 Å². The van der Waals surface area contributed by atoms with Gasteiger partial charge in [0.2, 0.25) is 0 Å². The molecule has 1 unspecified atom stereocenters. The Morgan fingerprint density at radius 3 is 2.56 bits per heavy atom. The average molecular weight is 589 g/mol. The Labute approximate surface area is 247 Å². The van der Waals surface area contributed by atoms with Crippen molar-refractivity contribution >= 4 is 23.7 Å². The van der Waals surface area contributed by atoms with Gasteiger partial charge in [-0.25, -0.2) is 19.0 Å². The van der Waals surface area contributed by atoms with E-state index in [1.165, 1.54) is 11.0 Å². The molecular weight excluding hydrogens is 555 g/mol. The van der Waals surface area contributed by atoms with Crippen LogP contribution in [0.2, 0.25) is 0 Å². The number of carboxylic acids is 1. The van der Waals surface area contributed by atoms with Gasteiger partial charge in [-0.15, -0.1) is 0 Å². The van der Waals surface area contributed by atoms with Gasteiger partial charge in [-0.05, 0) is 57.9 Å². The second kappa shape index (κ2) is 9.51. The first-order valence-electron chi connectivity index (χ1n) is 14.5. The van der Waals surface area contributed by atoms with Crippen molar-refractivity contribution in [2.45, 2.75) is 58.3 Å². The lowest BCUT2D eigenvalue weighted by Crippen LogP contribution is -2.73. The number of carbonyl (C=O) groups excluding carboxylic acids is 2. The van der Waals surface area contributed by atoms with Gasteiger partial charge < -0.3 is 29.1 Å². The van der Waals surface area contributed by atoms with Crippen LogP contribution in [0.1, 0.15) is 60.5 Å². The van der Waals surface area contributed by atoms with Crippen LogP contribution in [0.15, 0.2) is 36.8 Å². The summed E-state index contributed by atoms with van der Waals surface area (Å²) in [5, 5.41) is 10.1. The Morgan fingerprint density at radius 2 is 1.88 bits per heavy atom. The van der Waals surface area contributed by atoms with Crippen LogP contribution < -0.4 is 4.90 Å². The number of hydrogen-bond acceptors (Lipinski definition) is 7. The standard InChI is InChI=1S/C31H33FN6O5/c1-30(2,3)43-29(42)37-15-31(16-37)13-36(14-31)19-6-7-23(33-11-19)18-9-20-21(22(32)10-18)12-38(27(20)39)26(28(40)41)25-24-5-4-8-35(24)17-34-25/h6-7,9-11,17,26H,4-5,8,12-16H2,1-3H3,(H,40,41). The third-order valence-corrected chi connectivity index (χ3v) is 8.78. The lowest BCUT2D eigenvalue weighted by atomic mass is 9.73. The lowest BCUT2D eigenvalue weighted by Gasteiger charge is -2.60. The van der Waals surface area contributed by atoms with Crippen LogP contribution in [0.25, 0.3) is 11.3 Å². The van der Waals surface area contributed by atoms with Gasteiger partial charge in [0.25, 0.3) is 5.91 Å². The summed E-state index contributed by atoms with van der Waals surface area (Å²) < 4.78 is 22.7. The summed E-state index contributed by atoms with van der Waals surface area (Å²) in [5.41, 5.74) is 2.90. The van der Waals surface area contributed by atoms with Gasteiger partial charge in [0, 0.05) is 60.5 Å². The van der Waals surface area contributed by atoms with E-state index in [9.17, 15) is 19.5 Å². The number of hydrogen-bond donors (Lipinski definition) is 1. The quantitative estimate of drug-likeness (QED) is 0.477. The smallest absolute Gasteiger partial charge is 0.410 e. The molecule has 1 spiro atoms. The number of amides is 2. The van der Waals surface area contributed by atoms with E-state index in [1.54, 1.807) is 29.6 Å². The van der Waals surface area contributed by atoms with Gasteiger partial charge in [0.1, 0.15) is 11.4 Å². The molecule has 1 N–H and O–H groups in total. The van der Waals surface area contributed by atoms with E-state index < -0.39 is 29.3 Å². The molecular formula is C31H33FN6O5. The molecule has 224 valence electrons. The Balaban J connectivity index is 1.04. The molecule has 2 amide bonds. The zero-order valence-corrected chi connectivity index (χ0v) is 24.3. The molecule has 0 aliphatic carbocycles. The van der Waals surface area contributed by atoms with Crippen molar-refractivity contribution in [1.29, 1.82) is 0 Å². The predicted molar refractivity (Wildman–Crippen MR) is 153 cm³/mol. The number of imidazole rings is 1. The van der Waals surface area contributed by atoms with Crippen molar-refractivity contribution in [3.05, 3.63) is 65.1 Å². The number of fused-ring (bicyclic) bond motifs is 2. The van der Waals surface area contributed by atoms with E-state index in [0.29, 0.717) is 36.5 Å². The van der Waals surface area contributed by atoms with Gasteiger partial charge in [0.15, 0.2) is 6.04 Å².